The first-order chi connectivity index (χ1) is 9.47. The van der Waals surface area contributed by atoms with E-state index in [1.54, 1.807) is 6.07 Å². The van der Waals surface area contributed by atoms with Crippen molar-refractivity contribution in [3.05, 3.63) is 22.8 Å². The van der Waals surface area contributed by atoms with Crippen molar-refractivity contribution in [1.29, 1.82) is 0 Å². The van der Waals surface area contributed by atoms with Gasteiger partial charge in [-0.25, -0.2) is 4.98 Å². The van der Waals surface area contributed by atoms with Crippen molar-refractivity contribution in [3.8, 4) is 0 Å². The van der Waals surface area contributed by atoms with E-state index in [1.165, 1.54) is 6.20 Å². The number of nitrogen functional groups attached to an aromatic ring is 1. The number of amides is 1. The van der Waals surface area contributed by atoms with E-state index >= 15 is 0 Å². The lowest BCUT2D eigenvalue weighted by Gasteiger charge is -2.33. The predicted octanol–water partition coefficient (Wildman–Crippen LogP) is 1.73. The number of carbonyl (C=O) groups is 1. The Kier molecular flexibility index (Phi) is 4.83. The Hall–Kier alpha value is -1.33. The van der Waals surface area contributed by atoms with Gasteiger partial charge in [-0.1, -0.05) is 11.6 Å². The molecular formula is C14H21ClN4O. The number of aromatic nitrogens is 1. The Labute approximate surface area is 124 Å². The first-order valence-electron chi connectivity index (χ1n) is 6.82. The average molecular weight is 297 g/mol. The summed E-state index contributed by atoms with van der Waals surface area (Å²) in [5.74, 6) is 0.930. The Morgan fingerprint density at radius 1 is 1.50 bits per heavy atom. The lowest BCUT2D eigenvalue weighted by molar-refractivity contribution is 0.0678. The molecule has 2 rings (SSSR count). The number of hydrogen-bond acceptors (Lipinski definition) is 4. The molecule has 1 aromatic rings. The Bertz CT molecular complexity index is 484. The molecule has 0 radical (unpaired) electrons. The molecule has 1 aromatic heterocycles. The summed E-state index contributed by atoms with van der Waals surface area (Å²) in [5, 5.41) is 0.361. The molecule has 110 valence electrons. The highest BCUT2D eigenvalue weighted by Crippen LogP contribution is 2.23. The van der Waals surface area contributed by atoms with Crippen LogP contribution in [0.3, 0.4) is 0 Å². The second-order valence-corrected chi connectivity index (χ2v) is 5.99. The van der Waals surface area contributed by atoms with Gasteiger partial charge in [-0.05, 0) is 38.9 Å². The third-order valence-electron chi connectivity index (χ3n) is 3.63. The molecule has 6 heteroatoms. The smallest absolute Gasteiger partial charge is 0.255 e. The van der Waals surface area contributed by atoms with Gasteiger partial charge in [0.05, 0.1) is 10.6 Å². The number of piperidine rings is 1. The van der Waals surface area contributed by atoms with Crippen molar-refractivity contribution in [2.24, 2.45) is 5.92 Å². The summed E-state index contributed by atoms with van der Waals surface area (Å²) >= 11 is 6.04. The molecular weight excluding hydrogens is 276 g/mol. The minimum atomic E-state index is -0.0487. The Morgan fingerprint density at radius 3 is 2.75 bits per heavy atom. The van der Waals surface area contributed by atoms with Crippen LogP contribution in [0.2, 0.25) is 5.02 Å². The highest BCUT2D eigenvalue weighted by Gasteiger charge is 2.25. The van der Waals surface area contributed by atoms with Gasteiger partial charge in [0.25, 0.3) is 5.91 Å². The maximum atomic E-state index is 12.4. The molecule has 0 aliphatic carbocycles. The van der Waals surface area contributed by atoms with Crippen molar-refractivity contribution in [2.75, 3.05) is 39.5 Å². The van der Waals surface area contributed by atoms with E-state index in [4.69, 9.17) is 17.3 Å². The summed E-state index contributed by atoms with van der Waals surface area (Å²) in [6.45, 7) is 2.62. The van der Waals surface area contributed by atoms with Crippen molar-refractivity contribution in [3.63, 3.8) is 0 Å². The minimum absolute atomic E-state index is 0.0487. The van der Waals surface area contributed by atoms with Gasteiger partial charge >= 0.3 is 0 Å². The van der Waals surface area contributed by atoms with Gasteiger partial charge < -0.3 is 15.5 Å². The van der Waals surface area contributed by atoms with Crippen LogP contribution in [0, 0.1) is 5.92 Å². The molecule has 1 fully saturated rings. The first-order valence-corrected chi connectivity index (χ1v) is 7.20. The van der Waals surface area contributed by atoms with Crippen molar-refractivity contribution < 1.29 is 4.79 Å². The van der Waals surface area contributed by atoms with E-state index in [2.05, 4.69) is 24.0 Å². The maximum Gasteiger partial charge on any atom is 0.255 e. The summed E-state index contributed by atoms with van der Waals surface area (Å²) in [6.07, 6.45) is 3.49. The number of pyridine rings is 1. The van der Waals surface area contributed by atoms with Gasteiger partial charge in [0.1, 0.15) is 5.82 Å². The van der Waals surface area contributed by atoms with Crippen LogP contribution in [0.15, 0.2) is 12.3 Å². The third kappa shape index (κ3) is 3.61. The zero-order valence-electron chi connectivity index (χ0n) is 12.0. The lowest BCUT2D eigenvalue weighted by atomic mass is 9.96. The van der Waals surface area contributed by atoms with Gasteiger partial charge in [0, 0.05) is 25.8 Å². The normalized spacial score (nSPS) is 16.7. The number of anilines is 1. The molecule has 0 saturated carbocycles. The van der Waals surface area contributed by atoms with E-state index in [0.717, 1.165) is 32.5 Å². The minimum Gasteiger partial charge on any atom is -0.384 e. The molecule has 0 bridgehead atoms. The monoisotopic (exact) mass is 296 g/mol. The summed E-state index contributed by atoms with van der Waals surface area (Å²) in [4.78, 5) is 20.4. The molecule has 2 heterocycles. The summed E-state index contributed by atoms with van der Waals surface area (Å²) < 4.78 is 0. The molecule has 5 nitrogen and oxygen atoms in total. The maximum absolute atomic E-state index is 12.4. The largest absolute Gasteiger partial charge is 0.384 e. The second-order valence-electron chi connectivity index (χ2n) is 5.59. The van der Waals surface area contributed by atoms with Crippen LogP contribution < -0.4 is 5.73 Å². The Balaban J connectivity index is 2.00. The van der Waals surface area contributed by atoms with Gasteiger partial charge in [0.15, 0.2) is 0 Å². The third-order valence-corrected chi connectivity index (χ3v) is 3.93. The van der Waals surface area contributed by atoms with E-state index in [0.29, 0.717) is 22.3 Å². The zero-order valence-corrected chi connectivity index (χ0v) is 12.7. The number of nitrogens with zero attached hydrogens (tertiary/aromatic N) is 3. The van der Waals surface area contributed by atoms with E-state index in [9.17, 15) is 4.79 Å². The number of rotatable bonds is 3. The Morgan fingerprint density at radius 2 is 2.15 bits per heavy atom. The van der Waals surface area contributed by atoms with Crippen LogP contribution >= 0.6 is 11.6 Å². The number of nitrogens with two attached hydrogens (primary N) is 1. The fourth-order valence-corrected chi connectivity index (χ4v) is 2.81. The molecule has 1 aliphatic heterocycles. The molecule has 20 heavy (non-hydrogen) atoms. The van der Waals surface area contributed by atoms with E-state index in [1.807, 2.05) is 4.90 Å². The van der Waals surface area contributed by atoms with Gasteiger partial charge in [-0.3, -0.25) is 4.79 Å². The number of hydrogen-bond donors (Lipinski definition) is 1. The topological polar surface area (TPSA) is 62.5 Å². The lowest BCUT2D eigenvalue weighted by Crippen LogP contribution is -2.40. The zero-order chi connectivity index (χ0) is 14.7. The van der Waals surface area contributed by atoms with E-state index in [-0.39, 0.29) is 5.91 Å². The molecule has 0 aromatic carbocycles. The molecule has 0 spiro atoms. The second kappa shape index (κ2) is 6.41. The highest BCUT2D eigenvalue weighted by atomic mass is 35.5. The average Bonchev–Trinajstić information content (AvgIpc) is 2.41. The molecule has 0 unspecified atom stereocenters. The highest BCUT2D eigenvalue weighted by molar-refractivity contribution is 6.33. The standard InChI is InChI=1S/C14H21ClN4O/c1-18(2)9-10-3-5-19(6-4-10)14(20)11-7-13(16)17-8-12(11)15/h7-8,10H,3-6,9H2,1-2H3,(H2,16,17). The molecule has 2 N–H and O–H groups in total. The fraction of sp³-hybridized carbons (Fsp3) is 0.571. The van der Waals surface area contributed by atoms with Crippen LogP contribution in [0.5, 0.6) is 0 Å². The van der Waals surface area contributed by atoms with E-state index < -0.39 is 0 Å². The SMILES string of the molecule is CN(C)CC1CCN(C(=O)c2cc(N)ncc2Cl)CC1. The van der Waals surface area contributed by atoms with Gasteiger partial charge in [-0.2, -0.15) is 0 Å². The van der Waals surface area contributed by atoms with Crippen LogP contribution in [0.1, 0.15) is 23.2 Å². The number of halogens is 1. The van der Waals surface area contributed by atoms with Gasteiger partial charge in [0.2, 0.25) is 0 Å². The van der Waals surface area contributed by atoms with Crippen LogP contribution in [-0.4, -0.2) is 54.4 Å². The molecule has 0 atom stereocenters. The van der Waals surface area contributed by atoms with Crippen molar-refractivity contribution in [1.82, 2.24) is 14.8 Å². The number of carbonyl (C=O) groups excluding carboxylic acids is 1. The molecule has 1 saturated heterocycles. The fourth-order valence-electron chi connectivity index (χ4n) is 2.62. The number of likely N-dealkylation sites (tertiary alicyclic amines) is 1. The molecule has 1 aliphatic rings. The van der Waals surface area contributed by atoms with Crippen LogP contribution in [0.4, 0.5) is 5.82 Å². The quantitative estimate of drug-likeness (QED) is 0.923. The van der Waals surface area contributed by atoms with Crippen LogP contribution in [-0.2, 0) is 0 Å². The van der Waals surface area contributed by atoms with Crippen molar-refractivity contribution in [2.45, 2.75) is 12.8 Å². The summed E-state index contributed by atoms with van der Waals surface area (Å²) in [5.41, 5.74) is 6.07. The van der Waals surface area contributed by atoms with Crippen molar-refractivity contribution >= 4 is 23.3 Å². The van der Waals surface area contributed by atoms with Gasteiger partial charge in [-0.15, -0.1) is 0 Å². The summed E-state index contributed by atoms with van der Waals surface area (Å²) in [7, 11) is 4.16. The van der Waals surface area contributed by atoms with Crippen LogP contribution in [0.25, 0.3) is 0 Å². The first kappa shape index (κ1) is 15.1. The summed E-state index contributed by atoms with van der Waals surface area (Å²) in [6, 6.07) is 1.55. The predicted molar refractivity (Wildman–Crippen MR) is 80.8 cm³/mol. The molecule has 1 amide bonds.